The molecule has 6 amide bonds. The molecule has 2 aliphatic heterocycles. The molecule has 0 bridgehead atoms. The maximum atomic E-state index is 12.8. The van der Waals surface area contributed by atoms with Crippen LogP contribution in [0.4, 0.5) is 15.3 Å². The van der Waals surface area contributed by atoms with E-state index in [1.807, 2.05) is 42.5 Å². The Bertz CT molecular complexity index is 1060. The van der Waals surface area contributed by atoms with Crippen LogP contribution in [0.15, 0.2) is 42.5 Å². The fourth-order valence-electron chi connectivity index (χ4n) is 3.92. The number of urea groups is 2. The van der Waals surface area contributed by atoms with Crippen LogP contribution in [0.5, 0.6) is 0 Å². The van der Waals surface area contributed by atoms with Gasteiger partial charge in [0.1, 0.15) is 24.4 Å². The first kappa shape index (κ1) is 20.6. The summed E-state index contributed by atoms with van der Waals surface area (Å²) >= 11 is 0. The van der Waals surface area contributed by atoms with Crippen LogP contribution in [0.3, 0.4) is 0 Å². The molecule has 162 valence electrons. The summed E-state index contributed by atoms with van der Waals surface area (Å²) in [4.78, 5) is 54.5. The summed E-state index contributed by atoms with van der Waals surface area (Å²) in [6.45, 7) is 6.31. The van der Waals surface area contributed by atoms with Gasteiger partial charge in [-0.05, 0) is 39.1 Å². The van der Waals surface area contributed by atoms with E-state index in [2.05, 4.69) is 10.6 Å². The van der Waals surface area contributed by atoms with Crippen LogP contribution >= 0.6 is 0 Å². The van der Waals surface area contributed by atoms with Gasteiger partial charge < -0.3 is 15.5 Å². The molecule has 0 aromatic heterocycles. The topological polar surface area (TPSA) is 102 Å². The smallest absolute Gasteiger partial charge is 0.326 e. The highest BCUT2D eigenvalue weighted by Gasteiger charge is 2.47. The number of anilines is 1. The van der Waals surface area contributed by atoms with Crippen LogP contribution in [-0.4, -0.2) is 58.1 Å². The van der Waals surface area contributed by atoms with Crippen molar-refractivity contribution in [2.45, 2.75) is 38.8 Å². The van der Waals surface area contributed by atoms with Crippen LogP contribution < -0.4 is 15.5 Å². The third kappa shape index (κ3) is 3.45. The first-order chi connectivity index (χ1) is 14.5. The summed E-state index contributed by atoms with van der Waals surface area (Å²) < 4.78 is 0. The van der Waals surface area contributed by atoms with E-state index in [1.54, 1.807) is 32.6 Å². The molecule has 2 aliphatic rings. The molecule has 2 aromatic rings. The molecule has 9 nitrogen and oxygen atoms in total. The predicted octanol–water partition coefficient (Wildman–Crippen LogP) is 2.22. The van der Waals surface area contributed by atoms with Gasteiger partial charge in [0.15, 0.2) is 0 Å². The average Bonchev–Trinajstić information content (AvgIpc) is 3.02. The van der Waals surface area contributed by atoms with E-state index >= 15 is 0 Å². The minimum Gasteiger partial charge on any atom is -0.334 e. The zero-order valence-corrected chi connectivity index (χ0v) is 17.9. The highest BCUT2D eigenvalue weighted by atomic mass is 16.2. The molecule has 0 aliphatic carbocycles. The molecule has 0 saturated carbocycles. The molecule has 2 N–H and O–H groups in total. The van der Waals surface area contributed by atoms with E-state index in [1.165, 1.54) is 0 Å². The number of hydrogen-bond donors (Lipinski definition) is 2. The molecule has 9 heteroatoms. The number of fused-ring (bicyclic) bond motifs is 1. The molecule has 31 heavy (non-hydrogen) atoms. The van der Waals surface area contributed by atoms with Gasteiger partial charge in [0.2, 0.25) is 0 Å². The summed E-state index contributed by atoms with van der Waals surface area (Å²) in [5.74, 6) is -0.750. The van der Waals surface area contributed by atoms with Crippen LogP contribution in [0.2, 0.25) is 0 Å². The van der Waals surface area contributed by atoms with Crippen molar-refractivity contribution >= 4 is 40.3 Å². The molecule has 0 radical (unpaired) electrons. The predicted molar refractivity (Wildman–Crippen MR) is 115 cm³/mol. The van der Waals surface area contributed by atoms with Gasteiger partial charge in [-0.2, -0.15) is 0 Å². The third-order valence-electron chi connectivity index (χ3n) is 5.62. The first-order valence-corrected chi connectivity index (χ1v) is 10.0. The van der Waals surface area contributed by atoms with Crippen molar-refractivity contribution in [1.82, 2.24) is 20.4 Å². The number of hydrogen-bond acceptors (Lipinski definition) is 5. The van der Waals surface area contributed by atoms with Crippen molar-refractivity contribution in [2.75, 3.05) is 18.2 Å². The van der Waals surface area contributed by atoms with Gasteiger partial charge >= 0.3 is 12.1 Å². The number of benzene rings is 2. The van der Waals surface area contributed by atoms with E-state index in [4.69, 9.17) is 0 Å². The summed E-state index contributed by atoms with van der Waals surface area (Å²) in [7, 11) is 0. The quantitative estimate of drug-likeness (QED) is 0.718. The number of amides is 6. The Kier molecular flexibility index (Phi) is 4.64. The van der Waals surface area contributed by atoms with Gasteiger partial charge in [0.25, 0.3) is 11.8 Å². The Morgan fingerprint density at radius 3 is 1.71 bits per heavy atom. The highest BCUT2D eigenvalue weighted by Crippen LogP contribution is 2.29. The lowest BCUT2D eigenvalue weighted by atomic mass is 10.1. The second kappa shape index (κ2) is 6.97. The Morgan fingerprint density at radius 1 is 0.742 bits per heavy atom. The first-order valence-electron chi connectivity index (χ1n) is 10.0. The maximum Gasteiger partial charge on any atom is 0.326 e. The van der Waals surface area contributed by atoms with Gasteiger partial charge in [0, 0.05) is 11.1 Å². The van der Waals surface area contributed by atoms with Crippen LogP contribution in [0.25, 0.3) is 10.8 Å². The number of rotatable bonds is 5. The molecule has 0 atom stereocenters. The van der Waals surface area contributed by atoms with Crippen molar-refractivity contribution in [2.24, 2.45) is 0 Å². The number of carbonyl (C=O) groups is 4. The zero-order valence-electron chi connectivity index (χ0n) is 17.9. The fourth-order valence-corrected chi connectivity index (χ4v) is 3.92. The summed E-state index contributed by atoms with van der Waals surface area (Å²) in [6, 6.07) is 12.3. The molecular weight excluding hydrogens is 398 g/mol. The van der Waals surface area contributed by atoms with Crippen molar-refractivity contribution < 1.29 is 19.2 Å². The summed E-state index contributed by atoms with van der Waals surface area (Å²) in [6.07, 6.45) is 0. The SMILES string of the molecule is CC1(C)NC(=O)N(CN(CN2C(=O)NC(C)(C)C2=O)c2cccc3ccccc23)C1=O. The van der Waals surface area contributed by atoms with E-state index in [9.17, 15) is 19.2 Å². The minimum atomic E-state index is -1.02. The van der Waals surface area contributed by atoms with Crippen molar-refractivity contribution in [3.63, 3.8) is 0 Å². The number of nitrogens with zero attached hydrogens (tertiary/aromatic N) is 3. The van der Waals surface area contributed by atoms with Crippen molar-refractivity contribution in [3.8, 4) is 0 Å². The van der Waals surface area contributed by atoms with Gasteiger partial charge in [-0.15, -0.1) is 0 Å². The number of carbonyl (C=O) groups excluding carboxylic acids is 4. The number of imide groups is 2. The van der Waals surface area contributed by atoms with E-state index in [-0.39, 0.29) is 25.2 Å². The maximum absolute atomic E-state index is 12.8. The highest BCUT2D eigenvalue weighted by molar-refractivity contribution is 6.08. The van der Waals surface area contributed by atoms with Gasteiger partial charge in [-0.25, -0.2) is 19.4 Å². The van der Waals surface area contributed by atoms with Gasteiger partial charge in [0.05, 0.1) is 0 Å². The number of nitrogens with one attached hydrogen (secondary N) is 2. The van der Waals surface area contributed by atoms with Crippen molar-refractivity contribution in [1.29, 1.82) is 0 Å². The van der Waals surface area contributed by atoms with Gasteiger partial charge in [-0.1, -0.05) is 36.4 Å². The Labute approximate surface area is 180 Å². The average molecular weight is 423 g/mol. The second-order valence-electron chi connectivity index (χ2n) is 8.90. The molecule has 0 spiro atoms. The molecule has 2 heterocycles. The Hall–Kier alpha value is -3.62. The monoisotopic (exact) mass is 423 g/mol. The van der Waals surface area contributed by atoms with Crippen LogP contribution in [-0.2, 0) is 9.59 Å². The lowest BCUT2D eigenvalue weighted by Gasteiger charge is -2.32. The third-order valence-corrected chi connectivity index (χ3v) is 5.62. The lowest BCUT2D eigenvalue weighted by Crippen LogP contribution is -2.49. The van der Waals surface area contributed by atoms with Gasteiger partial charge in [-0.3, -0.25) is 9.59 Å². The molecular formula is C22H25N5O4. The molecule has 2 fully saturated rings. The van der Waals surface area contributed by atoms with Crippen LogP contribution in [0.1, 0.15) is 27.7 Å². The summed E-state index contributed by atoms with van der Waals surface area (Å²) in [5, 5.41) is 7.16. The lowest BCUT2D eigenvalue weighted by molar-refractivity contribution is -0.130. The fraction of sp³-hybridized carbons (Fsp3) is 0.364. The van der Waals surface area contributed by atoms with E-state index in [0.717, 1.165) is 20.6 Å². The molecule has 2 saturated heterocycles. The Balaban J connectivity index is 1.74. The molecule has 2 aromatic carbocycles. The zero-order chi connectivity index (χ0) is 22.6. The molecule has 4 rings (SSSR count). The second-order valence-corrected chi connectivity index (χ2v) is 8.90. The van der Waals surface area contributed by atoms with Crippen LogP contribution in [0, 0.1) is 0 Å². The van der Waals surface area contributed by atoms with Crippen molar-refractivity contribution in [3.05, 3.63) is 42.5 Å². The van der Waals surface area contributed by atoms with E-state index < -0.39 is 23.1 Å². The Morgan fingerprint density at radius 2 is 1.23 bits per heavy atom. The molecule has 0 unspecified atom stereocenters. The normalized spacial score (nSPS) is 19.7. The standard InChI is InChI=1S/C22H25N5O4/c1-21(2)17(28)26(19(30)23-21)12-25(13-27-18(29)22(3,4)24-20(27)31)16-11-7-9-14-8-5-6-10-15(14)16/h5-11H,12-13H2,1-4H3,(H,23,30)(H,24,31). The summed E-state index contributed by atoms with van der Waals surface area (Å²) in [5.41, 5.74) is -1.34. The minimum absolute atomic E-state index is 0.112. The van der Waals surface area contributed by atoms with E-state index in [0.29, 0.717) is 5.69 Å². The largest absolute Gasteiger partial charge is 0.334 e.